The molecule has 0 fully saturated rings. The number of halogens is 1. The van der Waals surface area contributed by atoms with Gasteiger partial charge in [0.15, 0.2) is 0 Å². The van der Waals surface area contributed by atoms with Gasteiger partial charge < -0.3 is 10.6 Å². The molecular formula is C17H17ClN2O2. The van der Waals surface area contributed by atoms with E-state index in [9.17, 15) is 9.59 Å². The summed E-state index contributed by atoms with van der Waals surface area (Å²) in [4.78, 5) is 23.4. The van der Waals surface area contributed by atoms with Gasteiger partial charge >= 0.3 is 0 Å². The lowest BCUT2D eigenvalue weighted by Gasteiger charge is -2.07. The zero-order valence-electron chi connectivity index (χ0n) is 12.0. The van der Waals surface area contributed by atoms with Crippen LogP contribution in [0.25, 0.3) is 0 Å². The Morgan fingerprint density at radius 3 is 2.18 bits per heavy atom. The fraction of sp³-hybridized carbons (Fsp3) is 0.176. The largest absolute Gasteiger partial charge is 0.350 e. The van der Waals surface area contributed by atoms with Crippen molar-refractivity contribution in [3.63, 3.8) is 0 Å². The zero-order valence-corrected chi connectivity index (χ0v) is 12.8. The number of carbonyl (C=O) groups is 2. The Morgan fingerprint density at radius 2 is 1.50 bits per heavy atom. The minimum atomic E-state index is -0.215. The van der Waals surface area contributed by atoms with Crippen molar-refractivity contribution in [2.24, 2.45) is 0 Å². The van der Waals surface area contributed by atoms with Crippen molar-refractivity contribution >= 4 is 23.4 Å². The highest BCUT2D eigenvalue weighted by Gasteiger charge is 2.06. The third kappa shape index (κ3) is 5.58. The molecule has 2 aromatic rings. The van der Waals surface area contributed by atoms with Crippen LogP contribution in [0.3, 0.4) is 0 Å². The fourth-order valence-corrected chi connectivity index (χ4v) is 2.01. The zero-order chi connectivity index (χ0) is 15.8. The monoisotopic (exact) mass is 316 g/mol. The van der Waals surface area contributed by atoms with Crippen molar-refractivity contribution in [3.8, 4) is 0 Å². The van der Waals surface area contributed by atoms with E-state index >= 15 is 0 Å². The molecule has 0 heterocycles. The minimum absolute atomic E-state index is 0.0285. The number of hydrogen-bond acceptors (Lipinski definition) is 2. The summed E-state index contributed by atoms with van der Waals surface area (Å²) in [7, 11) is 0. The molecule has 0 bridgehead atoms. The Hall–Kier alpha value is -2.33. The van der Waals surface area contributed by atoms with Gasteiger partial charge in [-0.15, -0.1) is 0 Å². The lowest BCUT2D eigenvalue weighted by atomic mass is 10.1. The van der Waals surface area contributed by atoms with Gasteiger partial charge in [0, 0.05) is 11.6 Å². The first kappa shape index (κ1) is 16.0. The van der Waals surface area contributed by atoms with Crippen LogP contribution in [0, 0.1) is 0 Å². The number of amides is 2. The second-order valence-electron chi connectivity index (χ2n) is 4.84. The number of hydrogen-bond donors (Lipinski definition) is 2. The summed E-state index contributed by atoms with van der Waals surface area (Å²) in [6.45, 7) is 0.423. The maximum atomic E-state index is 11.8. The normalized spacial score (nSPS) is 10.0. The van der Waals surface area contributed by atoms with E-state index in [1.54, 1.807) is 24.3 Å². The van der Waals surface area contributed by atoms with Crippen molar-refractivity contribution in [1.29, 1.82) is 0 Å². The molecule has 22 heavy (non-hydrogen) atoms. The van der Waals surface area contributed by atoms with Gasteiger partial charge in [-0.2, -0.15) is 0 Å². The molecule has 0 atom stereocenters. The topological polar surface area (TPSA) is 58.2 Å². The van der Waals surface area contributed by atoms with Gasteiger partial charge in [0.25, 0.3) is 0 Å². The van der Waals surface area contributed by atoms with Crippen LogP contribution >= 0.6 is 11.6 Å². The van der Waals surface area contributed by atoms with Gasteiger partial charge in [-0.25, -0.2) is 0 Å². The Balaban J connectivity index is 1.69. The summed E-state index contributed by atoms with van der Waals surface area (Å²) in [6.07, 6.45) is 0.225. The van der Waals surface area contributed by atoms with E-state index in [1.807, 2.05) is 30.3 Å². The molecular weight excluding hydrogens is 300 g/mol. The number of carbonyl (C=O) groups excluding carboxylic acids is 2. The Bertz CT molecular complexity index is 627. The van der Waals surface area contributed by atoms with Crippen LogP contribution in [0.2, 0.25) is 5.02 Å². The first-order valence-corrected chi connectivity index (χ1v) is 7.33. The van der Waals surface area contributed by atoms with Crippen molar-refractivity contribution in [2.45, 2.75) is 13.0 Å². The summed E-state index contributed by atoms with van der Waals surface area (Å²) < 4.78 is 0. The predicted octanol–water partition coefficient (Wildman–Crippen LogP) is 2.32. The van der Waals surface area contributed by atoms with Crippen molar-refractivity contribution in [3.05, 3.63) is 70.7 Å². The molecule has 0 saturated heterocycles. The van der Waals surface area contributed by atoms with Crippen molar-refractivity contribution in [1.82, 2.24) is 10.6 Å². The van der Waals surface area contributed by atoms with Crippen LogP contribution in [0.1, 0.15) is 11.1 Å². The summed E-state index contributed by atoms with van der Waals surface area (Å²) in [5, 5.41) is 5.98. The average Bonchev–Trinajstić information content (AvgIpc) is 2.54. The molecule has 114 valence electrons. The molecule has 0 aromatic heterocycles. The van der Waals surface area contributed by atoms with Crippen LogP contribution in [-0.4, -0.2) is 18.4 Å². The summed E-state index contributed by atoms with van der Waals surface area (Å²) in [5.41, 5.74) is 1.87. The van der Waals surface area contributed by atoms with Crippen molar-refractivity contribution < 1.29 is 9.59 Å². The second-order valence-corrected chi connectivity index (χ2v) is 5.28. The van der Waals surface area contributed by atoms with Crippen LogP contribution in [0.4, 0.5) is 0 Å². The van der Waals surface area contributed by atoms with Gasteiger partial charge in [-0.3, -0.25) is 9.59 Å². The molecule has 2 N–H and O–H groups in total. The highest BCUT2D eigenvalue weighted by Crippen LogP contribution is 2.09. The number of benzene rings is 2. The molecule has 0 saturated carbocycles. The minimum Gasteiger partial charge on any atom is -0.350 e. The van der Waals surface area contributed by atoms with Crippen LogP contribution in [-0.2, 0) is 22.6 Å². The fourth-order valence-electron chi connectivity index (χ4n) is 1.89. The molecule has 4 nitrogen and oxygen atoms in total. The van der Waals surface area contributed by atoms with Gasteiger partial charge in [0.2, 0.25) is 11.8 Å². The summed E-state index contributed by atoms with van der Waals surface area (Å²) in [5.74, 6) is -0.412. The van der Waals surface area contributed by atoms with E-state index in [0.29, 0.717) is 11.6 Å². The Kier molecular flexibility index (Phi) is 5.98. The highest BCUT2D eigenvalue weighted by molar-refractivity contribution is 6.30. The van der Waals surface area contributed by atoms with E-state index in [2.05, 4.69) is 10.6 Å². The van der Waals surface area contributed by atoms with E-state index in [4.69, 9.17) is 11.6 Å². The van der Waals surface area contributed by atoms with E-state index in [-0.39, 0.29) is 24.8 Å². The number of nitrogens with one attached hydrogen (secondary N) is 2. The first-order chi connectivity index (χ1) is 10.6. The third-order valence-corrected chi connectivity index (χ3v) is 3.31. The van der Waals surface area contributed by atoms with E-state index in [0.717, 1.165) is 11.1 Å². The highest BCUT2D eigenvalue weighted by atomic mass is 35.5. The molecule has 0 aliphatic rings. The molecule has 2 amide bonds. The molecule has 0 aliphatic heterocycles. The molecule has 2 rings (SSSR count). The van der Waals surface area contributed by atoms with Crippen LogP contribution in [0.5, 0.6) is 0 Å². The third-order valence-electron chi connectivity index (χ3n) is 3.06. The SMILES string of the molecule is O=C(CNC(=O)Cc1ccc(Cl)cc1)NCc1ccccc1. The lowest BCUT2D eigenvalue weighted by Crippen LogP contribution is -2.37. The second kappa shape index (κ2) is 8.20. The maximum absolute atomic E-state index is 11.8. The quantitative estimate of drug-likeness (QED) is 0.859. The van der Waals surface area contributed by atoms with Crippen LogP contribution < -0.4 is 10.6 Å². The van der Waals surface area contributed by atoms with Gasteiger partial charge in [-0.05, 0) is 23.3 Å². The molecule has 0 radical (unpaired) electrons. The van der Waals surface area contributed by atoms with Crippen LogP contribution in [0.15, 0.2) is 54.6 Å². The van der Waals surface area contributed by atoms with Crippen molar-refractivity contribution in [2.75, 3.05) is 6.54 Å². The lowest BCUT2D eigenvalue weighted by molar-refractivity contribution is -0.125. The van der Waals surface area contributed by atoms with Gasteiger partial charge in [0.05, 0.1) is 13.0 Å². The summed E-state index contributed by atoms with van der Waals surface area (Å²) >= 11 is 5.78. The van der Waals surface area contributed by atoms with E-state index < -0.39 is 0 Å². The average molecular weight is 317 g/mol. The molecule has 5 heteroatoms. The maximum Gasteiger partial charge on any atom is 0.239 e. The van der Waals surface area contributed by atoms with E-state index in [1.165, 1.54) is 0 Å². The standard InChI is InChI=1S/C17H17ClN2O2/c18-15-8-6-13(7-9-15)10-16(21)20-12-17(22)19-11-14-4-2-1-3-5-14/h1-9H,10-12H2,(H,19,22)(H,20,21). The molecule has 0 spiro atoms. The first-order valence-electron chi connectivity index (χ1n) is 6.95. The smallest absolute Gasteiger partial charge is 0.239 e. The predicted molar refractivity (Wildman–Crippen MR) is 86.5 cm³/mol. The number of rotatable bonds is 6. The molecule has 0 unspecified atom stereocenters. The molecule has 0 aliphatic carbocycles. The summed E-state index contributed by atoms with van der Waals surface area (Å²) in [6, 6.07) is 16.6. The Labute approximate surface area is 134 Å². The Morgan fingerprint density at radius 1 is 0.818 bits per heavy atom. The van der Waals surface area contributed by atoms with Gasteiger partial charge in [-0.1, -0.05) is 54.1 Å². The van der Waals surface area contributed by atoms with Gasteiger partial charge in [0.1, 0.15) is 0 Å². The molecule has 2 aromatic carbocycles.